The van der Waals surface area contributed by atoms with E-state index < -0.39 is 14.7 Å². The molecule has 0 spiro atoms. The highest BCUT2D eigenvalue weighted by Gasteiger charge is 2.16. The molecule has 7 heteroatoms. The number of nitrogens with zero attached hydrogens (tertiary/aromatic N) is 2. The summed E-state index contributed by atoms with van der Waals surface area (Å²) in [6, 6.07) is 24.2. The summed E-state index contributed by atoms with van der Waals surface area (Å²) in [5, 5.41) is 10.7. The molecule has 25 heavy (non-hydrogen) atoms. The van der Waals surface area contributed by atoms with Gasteiger partial charge in [0.2, 0.25) is 0 Å². The summed E-state index contributed by atoms with van der Waals surface area (Å²) in [6.45, 7) is 0. The number of hydrogen-bond acceptors (Lipinski definition) is 5. The zero-order valence-electron chi connectivity index (χ0n) is 13.0. The minimum atomic E-state index is -2.82. The lowest BCUT2D eigenvalue weighted by Gasteiger charge is -2.10. The highest BCUT2D eigenvalue weighted by atomic mass is 32.2. The highest BCUT2D eigenvalue weighted by molar-refractivity contribution is 8.07. The van der Waals surface area contributed by atoms with Crippen molar-refractivity contribution in [3.8, 4) is 0 Å². The van der Waals surface area contributed by atoms with Gasteiger partial charge in [0.15, 0.2) is 0 Å². The number of rotatable bonds is 5. The summed E-state index contributed by atoms with van der Waals surface area (Å²) < 4.78 is 18.1. The topological polar surface area (TPSA) is 72.6 Å². The van der Waals surface area contributed by atoms with Crippen LogP contribution in [0.4, 0.5) is 5.69 Å². The van der Waals surface area contributed by atoms with Gasteiger partial charge in [-0.15, -0.1) is 0 Å². The molecule has 0 amide bonds. The third-order valence-electron chi connectivity index (χ3n) is 3.42. The molecule has 0 saturated heterocycles. The molecule has 0 unspecified atom stereocenters. The van der Waals surface area contributed by atoms with Crippen LogP contribution in [0.15, 0.2) is 103 Å². The monoisotopic (exact) mass is 370 g/mol. The molecule has 0 aliphatic heterocycles. The molecule has 0 atom stereocenters. The molecule has 0 aromatic heterocycles. The van der Waals surface area contributed by atoms with Crippen LogP contribution in [0.25, 0.3) is 0 Å². The first-order valence-corrected chi connectivity index (χ1v) is 9.66. The molecule has 5 nitrogen and oxygen atoms in total. The average molecular weight is 370 g/mol. The van der Waals surface area contributed by atoms with Crippen LogP contribution in [-0.2, 0) is 9.73 Å². The van der Waals surface area contributed by atoms with E-state index in [1.807, 2.05) is 36.4 Å². The standard InChI is InChI=1S/C18H14N2O3S2/c21-20(22)15-11-13-16(14-12-15)24-19-25(23,17-7-3-1-4-8-17)18-9-5-2-6-10-18/h1-14H. The molecule has 0 aliphatic rings. The second-order valence-electron chi connectivity index (χ2n) is 5.07. The fourth-order valence-electron chi connectivity index (χ4n) is 2.16. The molecule has 3 aromatic carbocycles. The van der Waals surface area contributed by atoms with Crippen molar-refractivity contribution in [2.45, 2.75) is 14.7 Å². The van der Waals surface area contributed by atoms with Crippen molar-refractivity contribution in [2.75, 3.05) is 0 Å². The average Bonchev–Trinajstić information content (AvgIpc) is 2.68. The van der Waals surface area contributed by atoms with Crippen LogP contribution >= 0.6 is 11.9 Å². The Morgan fingerprint density at radius 2 is 1.28 bits per heavy atom. The van der Waals surface area contributed by atoms with Gasteiger partial charge in [0.25, 0.3) is 5.69 Å². The lowest BCUT2D eigenvalue weighted by molar-refractivity contribution is -0.384. The fraction of sp³-hybridized carbons (Fsp3) is 0. The molecule has 3 rings (SSSR count). The van der Waals surface area contributed by atoms with Gasteiger partial charge in [-0.3, -0.25) is 10.1 Å². The van der Waals surface area contributed by atoms with Gasteiger partial charge in [-0.1, -0.05) is 36.4 Å². The third kappa shape index (κ3) is 3.89. The van der Waals surface area contributed by atoms with E-state index in [-0.39, 0.29) is 5.69 Å². The van der Waals surface area contributed by atoms with Crippen molar-refractivity contribution in [2.24, 2.45) is 3.77 Å². The number of benzene rings is 3. The second kappa shape index (κ2) is 7.50. The van der Waals surface area contributed by atoms with Crippen LogP contribution in [0, 0.1) is 10.1 Å². The van der Waals surface area contributed by atoms with Gasteiger partial charge in [0.1, 0.15) is 9.73 Å². The Hall–Kier alpha value is -2.64. The number of non-ortho nitro benzene ring substituents is 1. The van der Waals surface area contributed by atoms with E-state index in [9.17, 15) is 14.3 Å². The van der Waals surface area contributed by atoms with Crippen LogP contribution < -0.4 is 0 Å². The van der Waals surface area contributed by atoms with Crippen LogP contribution in [0.5, 0.6) is 0 Å². The summed E-state index contributed by atoms with van der Waals surface area (Å²) in [4.78, 5) is 12.2. The molecule has 0 bridgehead atoms. The van der Waals surface area contributed by atoms with Gasteiger partial charge in [-0.05, 0) is 36.4 Å². The van der Waals surface area contributed by atoms with Crippen LogP contribution in [0.2, 0.25) is 0 Å². The fourth-order valence-corrected chi connectivity index (χ4v) is 5.19. The summed E-state index contributed by atoms with van der Waals surface area (Å²) >= 11 is 1.06. The van der Waals surface area contributed by atoms with Crippen LogP contribution in [-0.4, -0.2) is 9.13 Å². The Labute approximate surface area is 150 Å². The van der Waals surface area contributed by atoms with Gasteiger partial charge in [-0.25, -0.2) is 4.21 Å². The summed E-state index contributed by atoms with van der Waals surface area (Å²) in [5.41, 5.74) is 0.0104. The van der Waals surface area contributed by atoms with Gasteiger partial charge in [0.05, 0.1) is 14.7 Å². The summed E-state index contributed by atoms with van der Waals surface area (Å²) in [7, 11) is -2.82. The summed E-state index contributed by atoms with van der Waals surface area (Å²) in [5.74, 6) is 0. The first kappa shape index (κ1) is 17.2. The van der Waals surface area contributed by atoms with Crippen molar-refractivity contribution < 1.29 is 9.13 Å². The number of hydrogen-bond donors (Lipinski definition) is 0. The van der Waals surface area contributed by atoms with Crippen molar-refractivity contribution in [1.29, 1.82) is 0 Å². The lowest BCUT2D eigenvalue weighted by atomic mass is 10.3. The Bertz CT molecular complexity index is 936. The smallest absolute Gasteiger partial charge is 0.258 e. The molecule has 3 aromatic rings. The van der Waals surface area contributed by atoms with Crippen molar-refractivity contribution in [3.63, 3.8) is 0 Å². The Morgan fingerprint density at radius 1 is 0.800 bits per heavy atom. The Morgan fingerprint density at radius 3 is 1.72 bits per heavy atom. The van der Waals surface area contributed by atoms with E-state index >= 15 is 0 Å². The van der Waals surface area contributed by atoms with Gasteiger partial charge in [-0.2, -0.15) is 3.77 Å². The highest BCUT2D eigenvalue weighted by Crippen LogP contribution is 2.30. The van der Waals surface area contributed by atoms with E-state index in [4.69, 9.17) is 0 Å². The molecule has 0 N–H and O–H groups in total. The molecular formula is C18H14N2O3S2. The zero-order valence-corrected chi connectivity index (χ0v) is 14.7. The predicted octanol–water partition coefficient (Wildman–Crippen LogP) is 5.19. The van der Waals surface area contributed by atoms with E-state index in [1.165, 1.54) is 12.1 Å². The van der Waals surface area contributed by atoms with Crippen molar-refractivity contribution >= 4 is 27.4 Å². The lowest BCUT2D eigenvalue weighted by Crippen LogP contribution is -2.00. The van der Waals surface area contributed by atoms with E-state index in [1.54, 1.807) is 36.4 Å². The SMILES string of the molecule is O=[N+]([O-])c1ccc(SN=S(=O)(c2ccccc2)c2ccccc2)cc1. The molecular weight excluding hydrogens is 356 g/mol. The maximum absolute atomic E-state index is 13.6. The predicted molar refractivity (Wildman–Crippen MR) is 98.9 cm³/mol. The second-order valence-corrected chi connectivity index (χ2v) is 8.31. The van der Waals surface area contributed by atoms with Crippen molar-refractivity contribution in [1.82, 2.24) is 0 Å². The minimum Gasteiger partial charge on any atom is -0.258 e. The first-order valence-electron chi connectivity index (χ1n) is 7.38. The molecule has 0 heterocycles. The first-order chi connectivity index (χ1) is 12.1. The molecule has 0 fully saturated rings. The van der Waals surface area contributed by atoms with Gasteiger partial charge < -0.3 is 0 Å². The van der Waals surface area contributed by atoms with E-state index in [0.29, 0.717) is 14.7 Å². The largest absolute Gasteiger partial charge is 0.269 e. The van der Waals surface area contributed by atoms with E-state index in [0.717, 1.165) is 11.9 Å². The van der Waals surface area contributed by atoms with Crippen LogP contribution in [0.1, 0.15) is 0 Å². The maximum Gasteiger partial charge on any atom is 0.269 e. The van der Waals surface area contributed by atoms with E-state index in [2.05, 4.69) is 3.77 Å². The zero-order chi connectivity index (χ0) is 17.7. The number of nitro groups is 1. The normalized spacial score (nSPS) is 11.0. The van der Waals surface area contributed by atoms with Crippen LogP contribution in [0.3, 0.4) is 0 Å². The third-order valence-corrected chi connectivity index (χ3v) is 6.86. The quantitative estimate of drug-likeness (QED) is 0.352. The molecule has 0 aliphatic carbocycles. The molecule has 126 valence electrons. The minimum absolute atomic E-state index is 0.0104. The summed E-state index contributed by atoms with van der Waals surface area (Å²) in [6.07, 6.45) is 0. The molecule has 0 saturated carbocycles. The maximum atomic E-state index is 13.6. The molecule has 0 radical (unpaired) electrons. The van der Waals surface area contributed by atoms with Crippen molar-refractivity contribution in [3.05, 3.63) is 95.0 Å². The Kier molecular flexibility index (Phi) is 5.16. The van der Waals surface area contributed by atoms with Gasteiger partial charge >= 0.3 is 0 Å². The number of nitro benzene ring substituents is 1. The van der Waals surface area contributed by atoms with Gasteiger partial charge in [0, 0.05) is 29.0 Å². The Balaban J connectivity index is 2.02.